The quantitative estimate of drug-likeness (QED) is 0.119. The van der Waals surface area contributed by atoms with Gasteiger partial charge in [-0.25, -0.2) is 4.98 Å². The summed E-state index contributed by atoms with van der Waals surface area (Å²) in [6, 6.07) is 0. The van der Waals surface area contributed by atoms with Gasteiger partial charge in [0, 0.05) is 6.42 Å². The molecule has 1 aliphatic heterocycles. The van der Waals surface area contributed by atoms with Crippen molar-refractivity contribution in [2.24, 2.45) is 0 Å². The van der Waals surface area contributed by atoms with E-state index in [-0.39, 0.29) is 34.4 Å². The fourth-order valence-corrected chi connectivity index (χ4v) is 5.36. The molecule has 0 radical (unpaired) electrons. The second-order valence-electron chi connectivity index (χ2n) is 10.1. The van der Waals surface area contributed by atoms with Crippen molar-refractivity contribution in [3.63, 3.8) is 0 Å². The molecule has 0 aromatic carbocycles. The van der Waals surface area contributed by atoms with Gasteiger partial charge in [0.25, 0.3) is 5.56 Å². The summed E-state index contributed by atoms with van der Waals surface area (Å²) in [5.74, 6) is -0.486. The van der Waals surface area contributed by atoms with Crippen molar-refractivity contribution in [1.29, 1.82) is 0 Å². The van der Waals surface area contributed by atoms with E-state index in [0.29, 0.717) is 6.42 Å². The van der Waals surface area contributed by atoms with Crippen LogP contribution in [-0.4, -0.2) is 60.6 Å². The van der Waals surface area contributed by atoms with Gasteiger partial charge in [0.2, 0.25) is 5.95 Å². The van der Waals surface area contributed by atoms with E-state index in [1.54, 1.807) is 0 Å². The topological polar surface area (TPSA) is 166 Å². The molecule has 214 valence electrons. The van der Waals surface area contributed by atoms with Crippen LogP contribution in [-0.2, 0) is 14.3 Å². The van der Waals surface area contributed by atoms with E-state index in [0.717, 1.165) is 19.3 Å². The summed E-state index contributed by atoms with van der Waals surface area (Å²) in [4.78, 5) is 34.9. The molecule has 3 heterocycles. The van der Waals surface area contributed by atoms with E-state index in [2.05, 4.69) is 37.8 Å². The zero-order valence-corrected chi connectivity index (χ0v) is 23.8. The molecule has 1 saturated heterocycles. The lowest BCUT2D eigenvalue weighted by atomic mass is 10.0. The number of hydrogen-bond donors (Lipinski definition) is 4. The first-order valence-electron chi connectivity index (χ1n) is 13.9. The maximum atomic E-state index is 12.2. The molecule has 3 rings (SSSR count). The van der Waals surface area contributed by atoms with Crippen molar-refractivity contribution in [3.8, 4) is 0 Å². The van der Waals surface area contributed by atoms with Crippen molar-refractivity contribution in [3.05, 3.63) is 15.1 Å². The molecule has 4 atom stereocenters. The van der Waals surface area contributed by atoms with Crippen LogP contribution in [0.1, 0.15) is 103 Å². The number of nitrogen functional groups attached to an aromatic ring is 1. The molecular weight excluding hydrogens is 558 g/mol. The van der Waals surface area contributed by atoms with Gasteiger partial charge in [-0.2, -0.15) is 4.98 Å². The summed E-state index contributed by atoms with van der Waals surface area (Å²) in [7, 11) is 0. The first-order chi connectivity index (χ1) is 18.3. The highest BCUT2D eigenvalue weighted by Gasteiger charge is 2.45. The highest BCUT2D eigenvalue weighted by atomic mass is 79.9. The number of ether oxygens (including phenoxy) is 2. The summed E-state index contributed by atoms with van der Waals surface area (Å²) in [6.07, 6.45) is 11.5. The van der Waals surface area contributed by atoms with Crippen molar-refractivity contribution in [2.45, 2.75) is 121 Å². The molecular formula is C26H42BrN5O6. The van der Waals surface area contributed by atoms with E-state index in [9.17, 15) is 19.8 Å². The van der Waals surface area contributed by atoms with Gasteiger partial charge in [-0.3, -0.25) is 19.1 Å². The minimum Gasteiger partial charge on any atom is -0.463 e. The Morgan fingerprint density at radius 1 is 1.00 bits per heavy atom. The molecule has 12 heteroatoms. The van der Waals surface area contributed by atoms with E-state index in [1.165, 1.54) is 68.8 Å². The molecule has 38 heavy (non-hydrogen) atoms. The standard InChI is InChI=1S/C26H42BrN5O6/c1-2-3-4-5-6-7-8-9-10-11-12-13-14-15-18(33)37-16-17-20(34)21(35)24(38-17)32-22-19(29-25(32)27)23(36)31-26(28)30-22/h17,20-21,24,34-35H,2-16H2,1H3,(H3,28,30,31,36)/t17-,20-,21-,24-/m1/s1. The first kappa shape index (κ1) is 30.5. The number of carbonyl (C=O) groups is 1. The average Bonchev–Trinajstić information content (AvgIpc) is 3.35. The molecule has 1 aliphatic rings. The summed E-state index contributed by atoms with van der Waals surface area (Å²) in [6.45, 7) is 2.04. The lowest BCUT2D eigenvalue weighted by molar-refractivity contribution is -0.150. The highest BCUT2D eigenvalue weighted by molar-refractivity contribution is 9.10. The van der Waals surface area contributed by atoms with Crippen LogP contribution < -0.4 is 11.3 Å². The zero-order valence-electron chi connectivity index (χ0n) is 22.2. The Hall–Kier alpha value is -2.02. The van der Waals surface area contributed by atoms with Crippen LogP contribution >= 0.6 is 15.9 Å². The first-order valence-corrected chi connectivity index (χ1v) is 14.7. The molecule has 2 aromatic heterocycles. The summed E-state index contributed by atoms with van der Waals surface area (Å²) in [5.41, 5.74) is 5.20. The van der Waals surface area contributed by atoms with E-state index >= 15 is 0 Å². The van der Waals surface area contributed by atoms with Crippen molar-refractivity contribution in [2.75, 3.05) is 12.3 Å². The number of carbonyl (C=O) groups excluding carboxylic acids is 1. The van der Waals surface area contributed by atoms with Crippen molar-refractivity contribution in [1.82, 2.24) is 19.5 Å². The van der Waals surface area contributed by atoms with Gasteiger partial charge >= 0.3 is 5.97 Å². The molecule has 0 saturated carbocycles. The number of anilines is 1. The number of unbranched alkanes of at least 4 members (excludes halogenated alkanes) is 12. The Balaban J connectivity index is 1.32. The molecule has 0 bridgehead atoms. The largest absolute Gasteiger partial charge is 0.463 e. The fourth-order valence-electron chi connectivity index (χ4n) is 4.81. The molecule has 0 spiro atoms. The molecule has 2 aromatic rings. The predicted molar refractivity (Wildman–Crippen MR) is 147 cm³/mol. The smallest absolute Gasteiger partial charge is 0.305 e. The zero-order chi connectivity index (χ0) is 27.5. The second kappa shape index (κ2) is 15.5. The van der Waals surface area contributed by atoms with Crippen LogP contribution in [0.4, 0.5) is 5.95 Å². The summed E-state index contributed by atoms with van der Waals surface area (Å²) < 4.78 is 12.6. The monoisotopic (exact) mass is 599 g/mol. The summed E-state index contributed by atoms with van der Waals surface area (Å²) in [5, 5.41) is 21.1. The fraction of sp³-hybridized carbons (Fsp3) is 0.769. The van der Waals surface area contributed by atoms with E-state index < -0.39 is 30.1 Å². The van der Waals surface area contributed by atoms with Gasteiger partial charge in [0.15, 0.2) is 22.1 Å². The van der Waals surface area contributed by atoms with Gasteiger partial charge in [-0.15, -0.1) is 0 Å². The lowest BCUT2D eigenvalue weighted by Gasteiger charge is -2.17. The second-order valence-corrected chi connectivity index (χ2v) is 10.8. The van der Waals surface area contributed by atoms with Gasteiger partial charge in [0.05, 0.1) is 0 Å². The third-order valence-electron chi connectivity index (χ3n) is 7.01. The Kier molecular flexibility index (Phi) is 12.5. The number of esters is 1. The number of hydrogen-bond acceptors (Lipinski definition) is 9. The molecule has 0 amide bonds. The normalized spacial score (nSPS) is 21.4. The number of fused-ring (bicyclic) bond motifs is 1. The number of aliphatic hydroxyl groups is 2. The number of halogens is 1. The molecule has 0 unspecified atom stereocenters. The number of aliphatic hydroxyl groups excluding tert-OH is 2. The maximum Gasteiger partial charge on any atom is 0.305 e. The minimum atomic E-state index is -1.37. The number of H-pyrrole nitrogens is 1. The Morgan fingerprint density at radius 3 is 2.18 bits per heavy atom. The SMILES string of the molecule is CCCCCCCCCCCCCCCC(=O)OC[C@H]1O[C@@H](n2c(Br)nc3c(=O)[nH]c(N)nc32)[C@H](O)[C@@H]1O. The van der Waals surface area contributed by atoms with Gasteiger partial charge in [-0.05, 0) is 22.4 Å². The van der Waals surface area contributed by atoms with Gasteiger partial charge in [0.1, 0.15) is 24.9 Å². The number of rotatable bonds is 17. The van der Waals surface area contributed by atoms with Crippen LogP contribution in [0, 0.1) is 0 Å². The molecule has 11 nitrogen and oxygen atoms in total. The third kappa shape index (κ3) is 8.49. The lowest BCUT2D eigenvalue weighted by Crippen LogP contribution is -2.34. The molecule has 0 aliphatic carbocycles. The van der Waals surface area contributed by atoms with Crippen LogP contribution in [0.2, 0.25) is 0 Å². The average molecular weight is 601 g/mol. The van der Waals surface area contributed by atoms with Gasteiger partial charge < -0.3 is 25.4 Å². The minimum absolute atomic E-state index is 0.00375. The van der Waals surface area contributed by atoms with Crippen molar-refractivity contribution < 1.29 is 24.5 Å². The number of nitrogens with one attached hydrogen (secondary N) is 1. The molecule has 5 N–H and O–H groups in total. The number of nitrogens with two attached hydrogens (primary N) is 1. The van der Waals surface area contributed by atoms with Crippen LogP contribution in [0.25, 0.3) is 11.2 Å². The number of aromatic amines is 1. The Labute approximate surface area is 231 Å². The third-order valence-corrected chi connectivity index (χ3v) is 7.57. The van der Waals surface area contributed by atoms with Gasteiger partial charge in [-0.1, -0.05) is 84.0 Å². The van der Waals surface area contributed by atoms with Crippen LogP contribution in [0.5, 0.6) is 0 Å². The Bertz CT molecular complexity index is 1080. The van der Waals surface area contributed by atoms with E-state index in [4.69, 9.17) is 15.2 Å². The number of nitrogens with zero attached hydrogens (tertiary/aromatic N) is 3. The number of imidazole rings is 1. The predicted octanol–water partition coefficient (Wildman–Crippen LogP) is 4.11. The highest BCUT2D eigenvalue weighted by Crippen LogP contribution is 2.34. The van der Waals surface area contributed by atoms with Crippen molar-refractivity contribution >= 4 is 39.0 Å². The molecule has 1 fully saturated rings. The van der Waals surface area contributed by atoms with E-state index in [1.807, 2.05) is 0 Å². The van der Waals surface area contributed by atoms with Crippen LogP contribution in [0.3, 0.4) is 0 Å². The maximum absolute atomic E-state index is 12.2. The summed E-state index contributed by atoms with van der Waals surface area (Å²) >= 11 is 3.24. The Morgan fingerprint density at radius 2 is 1.58 bits per heavy atom. The number of aromatic nitrogens is 4. The van der Waals surface area contributed by atoms with Crippen LogP contribution in [0.15, 0.2) is 9.53 Å².